The van der Waals surface area contributed by atoms with Gasteiger partial charge in [0.25, 0.3) is 0 Å². The minimum absolute atomic E-state index is 0.675. The van der Waals surface area contributed by atoms with Gasteiger partial charge in [-0.15, -0.1) is 11.5 Å². The van der Waals surface area contributed by atoms with Gasteiger partial charge in [0.15, 0.2) is 0 Å². The molecule has 1 unspecified atom stereocenters. The molecule has 0 aromatic heterocycles. The zero-order chi connectivity index (χ0) is 12.4. The molecule has 0 saturated heterocycles. The minimum atomic E-state index is -1.16. The Kier molecular flexibility index (Phi) is 8.75. The lowest BCUT2D eigenvalue weighted by molar-refractivity contribution is 0.509. The van der Waals surface area contributed by atoms with Crippen LogP contribution in [0.4, 0.5) is 0 Å². The quantitative estimate of drug-likeness (QED) is 0.323. The highest BCUT2D eigenvalue weighted by Crippen LogP contribution is 2.15. The Labute approximate surface area is 104 Å². The van der Waals surface area contributed by atoms with Crippen LogP contribution in [-0.2, 0) is 0 Å². The molecule has 0 aromatic rings. The lowest BCUT2D eigenvalue weighted by atomic mass is 9.97. The van der Waals surface area contributed by atoms with Crippen LogP contribution in [0, 0.1) is 17.4 Å². The first-order valence-corrected chi connectivity index (χ1v) is 10.5. The van der Waals surface area contributed by atoms with E-state index in [1.54, 1.807) is 0 Å². The van der Waals surface area contributed by atoms with Gasteiger partial charge >= 0.3 is 0 Å². The van der Waals surface area contributed by atoms with E-state index in [1.807, 2.05) is 0 Å². The van der Waals surface area contributed by atoms with Crippen molar-refractivity contribution in [2.45, 2.75) is 78.4 Å². The summed E-state index contributed by atoms with van der Waals surface area (Å²) in [6, 6.07) is 0. The molecule has 0 heterocycles. The average Bonchev–Trinajstić information content (AvgIpc) is 2.19. The Morgan fingerprint density at radius 1 is 0.875 bits per heavy atom. The zero-order valence-corrected chi connectivity index (χ0v) is 13.0. The third-order valence-electron chi connectivity index (χ3n) is 2.69. The van der Waals surface area contributed by atoms with Crippen LogP contribution < -0.4 is 0 Å². The molecule has 0 N–H and O–H groups in total. The molecular weight excluding hydrogens is 208 g/mol. The van der Waals surface area contributed by atoms with E-state index in [4.69, 9.17) is 0 Å². The monoisotopic (exact) mass is 238 g/mol. The Balaban J connectivity index is 4.00. The van der Waals surface area contributed by atoms with E-state index >= 15 is 0 Å². The predicted molar refractivity (Wildman–Crippen MR) is 78.3 cm³/mol. The molecule has 0 aliphatic heterocycles. The molecule has 16 heavy (non-hydrogen) atoms. The highest BCUT2D eigenvalue weighted by atomic mass is 28.3. The normalized spacial score (nSPS) is 13.1. The van der Waals surface area contributed by atoms with E-state index in [1.165, 1.54) is 44.9 Å². The molecule has 0 saturated carbocycles. The van der Waals surface area contributed by atoms with Crippen LogP contribution in [0.15, 0.2) is 0 Å². The zero-order valence-electron chi connectivity index (χ0n) is 12.0. The lowest BCUT2D eigenvalue weighted by Crippen LogP contribution is -2.17. The van der Waals surface area contributed by atoms with E-state index in [-0.39, 0.29) is 0 Å². The summed E-state index contributed by atoms with van der Waals surface area (Å²) in [7, 11) is -1.16. The smallest absolute Gasteiger partial charge is 0.129 e. The molecule has 0 spiro atoms. The highest BCUT2D eigenvalue weighted by molar-refractivity contribution is 6.83. The molecule has 0 radical (unpaired) electrons. The molecule has 0 rings (SSSR count). The average molecular weight is 238 g/mol. The van der Waals surface area contributed by atoms with E-state index in [2.05, 4.69) is 45.0 Å². The topological polar surface area (TPSA) is 0 Å². The first kappa shape index (κ1) is 15.8. The molecule has 0 aromatic carbocycles. The van der Waals surface area contributed by atoms with Crippen LogP contribution >= 0.6 is 0 Å². The van der Waals surface area contributed by atoms with Crippen LogP contribution in [0.25, 0.3) is 0 Å². The van der Waals surface area contributed by atoms with Crippen molar-refractivity contribution < 1.29 is 0 Å². The van der Waals surface area contributed by atoms with Crippen molar-refractivity contribution in [3.63, 3.8) is 0 Å². The molecule has 0 aliphatic carbocycles. The lowest BCUT2D eigenvalue weighted by Gasteiger charge is -2.11. The van der Waals surface area contributed by atoms with E-state index in [9.17, 15) is 0 Å². The standard InChI is InChI=1S/C15H30Si/c1-6-8-9-10-12-15(11-7-2)13-14-16(3,4)5/h15H,6-12H2,1-5H3. The summed E-state index contributed by atoms with van der Waals surface area (Å²) in [5, 5.41) is 0. The van der Waals surface area contributed by atoms with Crippen molar-refractivity contribution in [1.29, 1.82) is 0 Å². The summed E-state index contributed by atoms with van der Waals surface area (Å²) in [5.74, 6) is 4.22. The van der Waals surface area contributed by atoms with Gasteiger partial charge in [0.2, 0.25) is 0 Å². The molecule has 0 bridgehead atoms. The molecule has 0 amide bonds. The van der Waals surface area contributed by atoms with Crippen molar-refractivity contribution in [3.8, 4) is 11.5 Å². The molecule has 0 aliphatic rings. The molecule has 1 heteroatoms. The Morgan fingerprint density at radius 3 is 2.06 bits per heavy atom. The molecule has 94 valence electrons. The van der Waals surface area contributed by atoms with Crippen molar-refractivity contribution in [1.82, 2.24) is 0 Å². The van der Waals surface area contributed by atoms with Crippen LogP contribution in [0.2, 0.25) is 19.6 Å². The first-order chi connectivity index (χ1) is 7.49. The van der Waals surface area contributed by atoms with Gasteiger partial charge in [0.1, 0.15) is 8.07 Å². The second-order valence-corrected chi connectivity index (χ2v) is 10.6. The fraction of sp³-hybridized carbons (Fsp3) is 0.867. The van der Waals surface area contributed by atoms with E-state index in [0.717, 1.165) is 0 Å². The number of unbranched alkanes of at least 4 members (excludes halogenated alkanes) is 3. The first-order valence-electron chi connectivity index (χ1n) is 7.02. The van der Waals surface area contributed by atoms with Gasteiger partial charge in [-0.25, -0.2) is 0 Å². The fourth-order valence-electron chi connectivity index (χ4n) is 1.77. The summed E-state index contributed by atoms with van der Waals surface area (Å²) in [6.07, 6.45) is 9.39. The van der Waals surface area contributed by atoms with Crippen molar-refractivity contribution >= 4 is 8.07 Å². The SMILES string of the molecule is CCCCCCC(C#C[Si](C)(C)C)CCC. The van der Waals surface area contributed by atoms with Crippen molar-refractivity contribution in [2.24, 2.45) is 5.92 Å². The number of hydrogen-bond acceptors (Lipinski definition) is 0. The maximum Gasteiger partial charge on any atom is 0.129 e. The Morgan fingerprint density at radius 2 is 1.56 bits per heavy atom. The second kappa shape index (κ2) is 8.88. The predicted octanol–water partition coefficient (Wildman–Crippen LogP) is 5.25. The Hall–Kier alpha value is -0.223. The molecular formula is C15H30Si. The summed E-state index contributed by atoms with van der Waals surface area (Å²) >= 11 is 0. The number of hydrogen-bond donors (Lipinski definition) is 0. The Bertz CT molecular complexity index is 214. The summed E-state index contributed by atoms with van der Waals surface area (Å²) in [5.41, 5.74) is 3.54. The maximum atomic E-state index is 3.55. The number of rotatable bonds is 7. The van der Waals surface area contributed by atoms with Crippen LogP contribution in [0.1, 0.15) is 58.8 Å². The van der Waals surface area contributed by atoms with Gasteiger partial charge in [0.05, 0.1) is 0 Å². The van der Waals surface area contributed by atoms with Crippen molar-refractivity contribution in [2.75, 3.05) is 0 Å². The van der Waals surface area contributed by atoms with Crippen LogP contribution in [-0.4, -0.2) is 8.07 Å². The summed E-state index contributed by atoms with van der Waals surface area (Å²) in [6.45, 7) is 11.5. The highest BCUT2D eigenvalue weighted by Gasteiger charge is 2.09. The van der Waals surface area contributed by atoms with Crippen molar-refractivity contribution in [3.05, 3.63) is 0 Å². The second-order valence-electron chi connectivity index (χ2n) is 5.85. The molecule has 0 nitrogen and oxygen atoms in total. The van der Waals surface area contributed by atoms with Gasteiger partial charge in [-0.3, -0.25) is 0 Å². The fourth-order valence-corrected chi connectivity index (χ4v) is 2.41. The van der Waals surface area contributed by atoms with Crippen LogP contribution in [0.5, 0.6) is 0 Å². The van der Waals surface area contributed by atoms with Gasteiger partial charge in [-0.2, -0.15) is 0 Å². The van der Waals surface area contributed by atoms with Crippen LogP contribution in [0.3, 0.4) is 0 Å². The van der Waals surface area contributed by atoms with E-state index in [0.29, 0.717) is 5.92 Å². The van der Waals surface area contributed by atoms with Gasteiger partial charge in [0, 0.05) is 5.92 Å². The summed E-state index contributed by atoms with van der Waals surface area (Å²) < 4.78 is 0. The molecule has 0 fully saturated rings. The maximum absolute atomic E-state index is 3.55. The minimum Gasteiger partial charge on any atom is -0.132 e. The largest absolute Gasteiger partial charge is 0.132 e. The summed E-state index contributed by atoms with van der Waals surface area (Å²) in [4.78, 5) is 0. The van der Waals surface area contributed by atoms with Gasteiger partial charge < -0.3 is 0 Å². The molecule has 1 atom stereocenters. The third-order valence-corrected chi connectivity index (χ3v) is 3.59. The van der Waals surface area contributed by atoms with Gasteiger partial charge in [-0.05, 0) is 12.8 Å². The van der Waals surface area contributed by atoms with E-state index < -0.39 is 8.07 Å². The van der Waals surface area contributed by atoms with Gasteiger partial charge in [-0.1, -0.05) is 65.6 Å². The third kappa shape index (κ3) is 10.3.